The predicted octanol–water partition coefficient (Wildman–Crippen LogP) is 2.20. The van der Waals surface area contributed by atoms with Crippen molar-refractivity contribution in [3.05, 3.63) is 29.3 Å². The number of urea groups is 1. The highest BCUT2D eigenvalue weighted by molar-refractivity contribution is 5.90. The number of rotatable bonds is 5. The average molecular weight is 275 g/mol. The molecule has 0 aliphatic heterocycles. The molecule has 0 heterocycles. The van der Waals surface area contributed by atoms with E-state index >= 15 is 0 Å². The molecule has 2 amide bonds. The van der Waals surface area contributed by atoms with Crippen LogP contribution in [0.2, 0.25) is 0 Å². The van der Waals surface area contributed by atoms with E-state index in [2.05, 4.69) is 5.32 Å². The van der Waals surface area contributed by atoms with Gasteiger partial charge in [0.25, 0.3) is 0 Å². The van der Waals surface area contributed by atoms with Crippen molar-refractivity contribution in [2.45, 2.75) is 20.3 Å². The van der Waals surface area contributed by atoms with Crippen LogP contribution in [-0.2, 0) is 4.79 Å². The molecule has 1 aromatic carbocycles. The van der Waals surface area contributed by atoms with E-state index in [-0.39, 0.29) is 19.0 Å². The number of anilines is 1. The highest BCUT2D eigenvalue weighted by Gasteiger charge is 2.14. The maximum Gasteiger partial charge on any atom is 0.321 e. The Morgan fingerprint density at radius 1 is 1.45 bits per heavy atom. The minimum Gasteiger partial charge on any atom is -0.481 e. The molecule has 1 rings (SSSR count). The Hall–Kier alpha value is -2.55. The number of benzene rings is 1. The summed E-state index contributed by atoms with van der Waals surface area (Å²) in [6.07, 6.45) is -0.0987. The molecular formula is C14H17N3O3. The number of nitrogens with zero attached hydrogens (tertiary/aromatic N) is 2. The molecule has 0 aromatic heterocycles. The van der Waals surface area contributed by atoms with Crippen LogP contribution < -0.4 is 5.32 Å². The molecule has 0 saturated heterocycles. The molecule has 20 heavy (non-hydrogen) atoms. The van der Waals surface area contributed by atoms with Gasteiger partial charge in [-0.2, -0.15) is 5.26 Å². The third-order valence-corrected chi connectivity index (χ3v) is 2.87. The fourth-order valence-corrected chi connectivity index (χ4v) is 1.65. The fourth-order valence-electron chi connectivity index (χ4n) is 1.65. The van der Waals surface area contributed by atoms with E-state index in [0.717, 1.165) is 5.56 Å². The van der Waals surface area contributed by atoms with Crippen molar-refractivity contribution in [2.24, 2.45) is 0 Å². The molecule has 0 saturated carbocycles. The molecule has 2 N–H and O–H groups in total. The van der Waals surface area contributed by atoms with Crippen molar-refractivity contribution >= 4 is 17.7 Å². The number of aliphatic carboxylic acids is 1. The molecule has 0 spiro atoms. The summed E-state index contributed by atoms with van der Waals surface area (Å²) in [7, 11) is 0. The number of carboxylic acids is 1. The Labute approximate surface area is 117 Å². The Morgan fingerprint density at radius 3 is 2.70 bits per heavy atom. The second-order valence-corrected chi connectivity index (χ2v) is 4.30. The third-order valence-electron chi connectivity index (χ3n) is 2.87. The number of hydrogen-bond donors (Lipinski definition) is 2. The van der Waals surface area contributed by atoms with Gasteiger partial charge in [0.1, 0.15) is 0 Å². The zero-order valence-electron chi connectivity index (χ0n) is 11.5. The van der Waals surface area contributed by atoms with E-state index in [1.165, 1.54) is 4.90 Å². The van der Waals surface area contributed by atoms with Crippen LogP contribution in [0.3, 0.4) is 0 Å². The van der Waals surface area contributed by atoms with Crippen molar-refractivity contribution in [3.63, 3.8) is 0 Å². The van der Waals surface area contributed by atoms with Crippen LogP contribution >= 0.6 is 0 Å². The number of aryl methyl sites for hydroxylation is 1. The first kappa shape index (κ1) is 15.5. The van der Waals surface area contributed by atoms with Crippen molar-refractivity contribution in [3.8, 4) is 6.07 Å². The number of nitrogens with one attached hydrogen (secondary N) is 1. The molecule has 0 fully saturated rings. The summed E-state index contributed by atoms with van der Waals surface area (Å²) >= 11 is 0. The van der Waals surface area contributed by atoms with E-state index in [0.29, 0.717) is 17.8 Å². The molecule has 0 radical (unpaired) electrons. The summed E-state index contributed by atoms with van der Waals surface area (Å²) in [5.74, 6) is -0.945. The van der Waals surface area contributed by atoms with Crippen molar-refractivity contribution in [2.75, 3.05) is 18.4 Å². The molecule has 0 bridgehead atoms. The minimum atomic E-state index is -0.945. The van der Waals surface area contributed by atoms with Crippen LogP contribution in [0.5, 0.6) is 0 Å². The lowest BCUT2D eigenvalue weighted by molar-refractivity contribution is -0.137. The van der Waals surface area contributed by atoms with Crippen molar-refractivity contribution in [1.82, 2.24) is 4.90 Å². The second-order valence-electron chi connectivity index (χ2n) is 4.30. The van der Waals surface area contributed by atoms with Gasteiger partial charge in [-0.15, -0.1) is 0 Å². The van der Waals surface area contributed by atoms with Crippen molar-refractivity contribution in [1.29, 1.82) is 5.26 Å². The maximum atomic E-state index is 12.0. The predicted molar refractivity (Wildman–Crippen MR) is 74.4 cm³/mol. The summed E-state index contributed by atoms with van der Waals surface area (Å²) in [5, 5.41) is 20.2. The molecule has 0 aliphatic carbocycles. The van der Waals surface area contributed by atoms with E-state index in [1.807, 2.05) is 13.0 Å². The lowest BCUT2D eigenvalue weighted by Gasteiger charge is -2.21. The molecule has 6 nitrogen and oxygen atoms in total. The molecule has 0 unspecified atom stereocenters. The lowest BCUT2D eigenvalue weighted by Crippen LogP contribution is -2.36. The Morgan fingerprint density at radius 2 is 2.15 bits per heavy atom. The Kier molecular flexibility index (Phi) is 5.54. The van der Waals surface area contributed by atoms with E-state index in [9.17, 15) is 9.59 Å². The van der Waals surface area contributed by atoms with Crippen LogP contribution in [0.4, 0.5) is 10.5 Å². The maximum absolute atomic E-state index is 12.0. The van der Waals surface area contributed by atoms with Crippen LogP contribution in [0.1, 0.15) is 24.5 Å². The summed E-state index contributed by atoms with van der Waals surface area (Å²) in [6.45, 7) is 4.16. The first-order valence-corrected chi connectivity index (χ1v) is 6.26. The van der Waals surface area contributed by atoms with Crippen LogP contribution in [0.25, 0.3) is 0 Å². The molecular weight excluding hydrogens is 258 g/mol. The average Bonchev–Trinajstić information content (AvgIpc) is 2.41. The van der Waals surface area contributed by atoms with Gasteiger partial charge in [-0.05, 0) is 31.5 Å². The summed E-state index contributed by atoms with van der Waals surface area (Å²) < 4.78 is 0. The van der Waals surface area contributed by atoms with Gasteiger partial charge in [0.2, 0.25) is 0 Å². The highest BCUT2D eigenvalue weighted by Crippen LogP contribution is 2.17. The summed E-state index contributed by atoms with van der Waals surface area (Å²) in [6, 6.07) is 6.66. The van der Waals surface area contributed by atoms with Gasteiger partial charge in [0.05, 0.1) is 18.1 Å². The normalized spacial score (nSPS) is 9.65. The topological polar surface area (TPSA) is 93.4 Å². The largest absolute Gasteiger partial charge is 0.481 e. The molecule has 6 heteroatoms. The second kappa shape index (κ2) is 7.14. The summed E-state index contributed by atoms with van der Waals surface area (Å²) in [4.78, 5) is 24.0. The smallest absolute Gasteiger partial charge is 0.321 e. The van der Waals surface area contributed by atoms with Crippen molar-refractivity contribution < 1.29 is 14.7 Å². The van der Waals surface area contributed by atoms with Gasteiger partial charge in [-0.3, -0.25) is 4.79 Å². The van der Waals surface area contributed by atoms with Gasteiger partial charge < -0.3 is 15.3 Å². The quantitative estimate of drug-likeness (QED) is 0.861. The number of nitriles is 1. The fraction of sp³-hybridized carbons (Fsp3) is 0.357. The monoisotopic (exact) mass is 275 g/mol. The van der Waals surface area contributed by atoms with Gasteiger partial charge in [-0.25, -0.2) is 4.79 Å². The van der Waals surface area contributed by atoms with Gasteiger partial charge in [0, 0.05) is 18.8 Å². The number of amides is 2. The van der Waals surface area contributed by atoms with E-state index in [4.69, 9.17) is 10.4 Å². The zero-order chi connectivity index (χ0) is 15.1. The first-order valence-electron chi connectivity index (χ1n) is 6.26. The Bertz CT molecular complexity index is 549. The lowest BCUT2D eigenvalue weighted by atomic mass is 10.1. The SMILES string of the molecule is CCN(CCC(=O)O)C(=O)Nc1cc(C#N)ccc1C. The van der Waals surface area contributed by atoms with E-state index < -0.39 is 5.97 Å². The third kappa shape index (κ3) is 4.28. The Balaban J connectivity index is 2.78. The number of hydrogen-bond acceptors (Lipinski definition) is 3. The number of carbonyl (C=O) groups excluding carboxylic acids is 1. The standard InChI is InChI=1S/C14H17N3O3/c1-3-17(7-6-13(18)19)14(20)16-12-8-11(9-15)5-4-10(12)2/h4-5,8H,3,6-7H2,1-2H3,(H,16,20)(H,18,19). The minimum absolute atomic E-state index is 0.0987. The van der Waals surface area contributed by atoms with Gasteiger partial charge >= 0.3 is 12.0 Å². The summed E-state index contributed by atoms with van der Waals surface area (Å²) in [5.41, 5.74) is 1.86. The highest BCUT2D eigenvalue weighted by atomic mass is 16.4. The molecule has 1 aromatic rings. The zero-order valence-corrected chi connectivity index (χ0v) is 11.5. The first-order chi connectivity index (χ1) is 9.47. The van der Waals surface area contributed by atoms with Gasteiger partial charge in [-0.1, -0.05) is 6.07 Å². The van der Waals surface area contributed by atoms with Crippen LogP contribution in [-0.4, -0.2) is 35.1 Å². The molecule has 106 valence electrons. The molecule has 0 aliphatic rings. The number of carboxylic acid groups (broad SMARTS) is 1. The number of carbonyl (C=O) groups is 2. The molecule has 0 atom stereocenters. The van der Waals surface area contributed by atoms with Crippen LogP contribution in [0, 0.1) is 18.3 Å². The van der Waals surface area contributed by atoms with E-state index in [1.54, 1.807) is 25.1 Å². The van der Waals surface area contributed by atoms with Crippen LogP contribution in [0.15, 0.2) is 18.2 Å². The van der Waals surface area contributed by atoms with Gasteiger partial charge in [0.15, 0.2) is 0 Å².